The fourth-order valence-electron chi connectivity index (χ4n) is 3.30. The number of sulfonamides is 1. The van der Waals surface area contributed by atoms with Gasteiger partial charge in [-0.15, -0.1) is 0 Å². The number of carbonyl (C=O) groups excluding carboxylic acids is 1. The molecule has 2 unspecified atom stereocenters. The van der Waals surface area contributed by atoms with Gasteiger partial charge in [-0.05, 0) is 25.7 Å². The molecule has 7 heteroatoms. The van der Waals surface area contributed by atoms with Gasteiger partial charge in [0.2, 0.25) is 15.9 Å². The minimum Gasteiger partial charge on any atom is -0.353 e. The molecule has 0 aromatic carbocycles. The highest BCUT2D eigenvalue weighted by Crippen LogP contribution is 2.23. The van der Waals surface area contributed by atoms with Crippen molar-refractivity contribution in [3.63, 3.8) is 0 Å². The zero-order chi connectivity index (χ0) is 15.5. The van der Waals surface area contributed by atoms with Gasteiger partial charge in [-0.2, -0.15) is 0 Å². The summed E-state index contributed by atoms with van der Waals surface area (Å²) >= 11 is 0. The molecule has 0 aromatic rings. The summed E-state index contributed by atoms with van der Waals surface area (Å²) in [6, 6.07) is 0.0366. The fraction of sp³-hybridized carbons (Fsp3) is 0.929. The van der Waals surface area contributed by atoms with Crippen molar-refractivity contribution in [2.24, 2.45) is 11.7 Å². The topological polar surface area (TPSA) is 92.5 Å². The summed E-state index contributed by atoms with van der Waals surface area (Å²) in [7, 11) is -3.11. The lowest BCUT2D eigenvalue weighted by atomic mass is 9.93. The van der Waals surface area contributed by atoms with Crippen LogP contribution in [-0.2, 0) is 14.8 Å². The number of nitrogens with two attached hydrogens (primary N) is 1. The van der Waals surface area contributed by atoms with Gasteiger partial charge in [0.25, 0.3) is 0 Å². The summed E-state index contributed by atoms with van der Waals surface area (Å²) in [4.78, 5) is 12.4. The maximum Gasteiger partial charge on any atom is 0.224 e. The standard InChI is InChI=1S/C14H27N3O3S/c1-21(19,20)17-9-7-11(8-10-17)16-14(18)12-5-3-2-4-6-13(12)15/h11-13H,2-10,15H2,1H3,(H,16,18). The second-order valence-electron chi connectivity index (χ2n) is 6.35. The van der Waals surface area contributed by atoms with Gasteiger partial charge in [-0.1, -0.05) is 19.3 Å². The van der Waals surface area contributed by atoms with E-state index >= 15 is 0 Å². The van der Waals surface area contributed by atoms with E-state index in [4.69, 9.17) is 5.73 Å². The van der Waals surface area contributed by atoms with Crippen molar-refractivity contribution in [1.82, 2.24) is 9.62 Å². The average molecular weight is 317 g/mol. The van der Waals surface area contributed by atoms with Crippen LogP contribution < -0.4 is 11.1 Å². The Kier molecular flexibility index (Phi) is 5.62. The van der Waals surface area contributed by atoms with Crippen LogP contribution in [0.5, 0.6) is 0 Å². The van der Waals surface area contributed by atoms with E-state index in [1.54, 1.807) is 0 Å². The largest absolute Gasteiger partial charge is 0.353 e. The second-order valence-corrected chi connectivity index (χ2v) is 8.34. The molecule has 2 aliphatic rings. The Bertz CT molecular complexity index is 458. The predicted octanol–water partition coefficient (Wildman–Crippen LogP) is 0.434. The molecular weight excluding hydrogens is 290 g/mol. The van der Waals surface area contributed by atoms with Crippen LogP contribution >= 0.6 is 0 Å². The zero-order valence-corrected chi connectivity index (χ0v) is 13.6. The van der Waals surface area contributed by atoms with Gasteiger partial charge in [-0.3, -0.25) is 4.79 Å². The van der Waals surface area contributed by atoms with Crippen LogP contribution in [0.15, 0.2) is 0 Å². The van der Waals surface area contributed by atoms with E-state index in [0.717, 1.165) is 32.1 Å². The molecule has 1 aliphatic heterocycles. The molecule has 0 radical (unpaired) electrons. The SMILES string of the molecule is CS(=O)(=O)N1CCC(NC(=O)C2CCCCCC2N)CC1. The van der Waals surface area contributed by atoms with Crippen LogP contribution in [0, 0.1) is 5.92 Å². The Morgan fingerprint density at radius 3 is 2.33 bits per heavy atom. The molecule has 0 spiro atoms. The number of nitrogens with zero attached hydrogens (tertiary/aromatic N) is 1. The lowest BCUT2D eigenvalue weighted by Crippen LogP contribution is -2.49. The molecule has 6 nitrogen and oxygen atoms in total. The molecule has 1 saturated carbocycles. The van der Waals surface area contributed by atoms with Gasteiger partial charge in [0.15, 0.2) is 0 Å². The maximum atomic E-state index is 12.4. The van der Waals surface area contributed by atoms with Crippen LogP contribution in [-0.4, -0.2) is 50.1 Å². The molecule has 1 aliphatic carbocycles. The fourth-order valence-corrected chi connectivity index (χ4v) is 4.18. The first-order valence-electron chi connectivity index (χ1n) is 7.89. The smallest absolute Gasteiger partial charge is 0.224 e. The van der Waals surface area contributed by atoms with Gasteiger partial charge >= 0.3 is 0 Å². The first kappa shape index (κ1) is 16.7. The summed E-state index contributed by atoms with van der Waals surface area (Å²) in [6.45, 7) is 0.973. The molecule has 2 rings (SSSR count). The highest BCUT2D eigenvalue weighted by molar-refractivity contribution is 7.88. The lowest BCUT2D eigenvalue weighted by Gasteiger charge is -2.32. The van der Waals surface area contributed by atoms with Crippen molar-refractivity contribution >= 4 is 15.9 Å². The molecule has 1 saturated heterocycles. The summed E-state index contributed by atoms with van der Waals surface area (Å²) in [5.41, 5.74) is 6.12. The Labute approximate surface area is 127 Å². The second kappa shape index (κ2) is 7.07. The predicted molar refractivity (Wildman–Crippen MR) is 82.1 cm³/mol. The molecular formula is C14H27N3O3S. The normalized spacial score (nSPS) is 29.8. The average Bonchev–Trinajstić information content (AvgIpc) is 2.63. The number of rotatable bonds is 3. The zero-order valence-electron chi connectivity index (χ0n) is 12.8. The van der Waals surface area contributed by atoms with Gasteiger partial charge < -0.3 is 11.1 Å². The van der Waals surface area contributed by atoms with Crippen molar-refractivity contribution in [3.8, 4) is 0 Å². The number of nitrogens with one attached hydrogen (secondary N) is 1. The van der Waals surface area contributed by atoms with Gasteiger partial charge in [0, 0.05) is 25.2 Å². The summed E-state index contributed by atoms with van der Waals surface area (Å²) in [5.74, 6) is -0.0253. The van der Waals surface area contributed by atoms with E-state index in [1.165, 1.54) is 10.6 Å². The van der Waals surface area contributed by atoms with Crippen molar-refractivity contribution in [3.05, 3.63) is 0 Å². The first-order chi connectivity index (χ1) is 9.88. The number of amides is 1. The first-order valence-corrected chi connectivity index (χ1v) is 9.74. The molecule has 2 atom stereocenters. The van der Waals surface area contributed by atoms with Crippen LogP contribution in [0.4, 0.5) is 0 Å². The Hall–Kier alpha value is -0.660. The van der Waals surface area contributed by atoms with Crippen molar-refractivity contribution in [2.45, 2.75) is 57.0 Å². The van der Waals surface area contributed by atoms with E-state index in [-0.39, 0.29) is 23.9 Å². The van der Waals surface area contributed by atoms with Crippen LogP contribution in [0.1, 0.15) is 44.9 Å². The summed E-state index contributed by atoms with van der Waals surface area (Å²) < 4.78 is 24.4. The molecule has 0 bridgehead atoms. The molecule has 1 heterocycles. The number of hydrogen-bond donors (Lipinski definition) is 2. The minimum absolute atomic E-state index is 0.0383. The van der Waals surface area contributed by atoms with E-state index in [1.807, 2.05) is 0 Å². The van der Waals surface area contributed by atoms with Crippen LogP contribution in [0.2, 0.25) is 0 Å². The number of carbonyl (C=O) groups is 1. The number of piperidine rings is 1. The third kappa shape index (κ3) is 4.66. The molecule has 21 heavy (non-hydrogen) atoms. The van der Waals surface area contributed by atoms with Crippen LogP contribution in [0.25, 0.3) is 0 Å². The van der Waals surface area contributed by atoms with Crippen molar-refractivity contribution in [1.29, 1.82) is 0 Å². The maximum absolute atomic E-state index is 12.4. The molecule has 3 N–H and O–H groups in total. The Morgan fingerprint density at radius 1 is 1.10 bits per heavy atom. The minimum atomic E-state index is -3.11. The highest BCUT2D eigenvalue weighted by atomic mass is 32.2. The molecule has 122 valence electrons. The van der Waals surface area contributed by atoms with E-state index in [9.17, 15) is 13.2 Å². The van der Waals surface area contributed by atoms with Gasteiger partial charge in [0.1, 0.15) is 0 Å². The Balaban J connectivity index is 1.84. The lowest BCUT2D eigenvalue weighted by molar-refractivity contribution is -0.126. The Morgan fingerprint density at radius 2 is 1.71 bits per heavy atom. The van der Waals surface area contributed by atoms with E-state index < -0.39 is 10.0 Å². The van der Waals surface area contributed by atoms with Crippen molar-refractivity contribution in [2.75, 3.05) is 19.3 Å². The highest BCUT2D eigenvalue weighted by Gasteiger charge is 2.30. The van der Waals surface area contributed by atoms with E-state index in [0.29, 0.717) is 25.9 Å². The monoisotopic (exact) mass is 317 g/mol. The number of hydrogen-bond acceptors (Lipinski definition) is 4. The van der Waals surface area contributed by atoms with Gasteiger partial charge in [0.05, 0.1) is 12.2 Å². The third-order valence-corrected chi connectivity index (χ3v) is 5.98. The van der Waals surface area contributed by atoms with Gasteiger partial charge in [-0.25, -0.2) is 12.7 Å². The van der Waals surface area contributed by atoms with Crippen LogP contribution in [0.3, 0.4) is 0 Å². The molecule has 1 amide bonds. The van der Waals surface area contributed by atoms with E-state index in [2.05, 4.69) is 5.32 Å². The third-order valence-electron chi connectivity index (χ3n) is 4.68. The molecule has 0 aromatic heterocycles. The quantitative estimate of drug-likeness (QED) is 0.739. The van der Waals surface area contributed by atoms with Crippen molar-refractivity contribution < 1.29 is 13.2 Å². The molecule has 2 fully saturated rings. The summed E-state index contributed by atoms with van der Waals surface area (Å²) in [6.07, 6.45) is 7.72. The summed E-state index contributed by atoms with van der Waals surface area (Å²) in [5, 5.41) is 3.08.